The molecular weight excluding hydrogens is 284 g/mol. The molecule has 0 aliphatic heterocycles. The molecule has 0 saturated carbocycles. The van der Waals surface area contributed by atoms with Gasteiger partial charge in [-0.25, -0.2) is 5.43 Å². The number of aromatic nitrogens is 1. The van der Waals surface area contributed by atoms with Crippen LogP contribution in [0.3, 0.4) is 0 Å². The Morgan fingerprint density at radius 1 is 1.14 bits per heavy atom. The molecule has 2 rings (SSSR count). The summed E-state index contributed by atoms with van der Waals surface area (Å²) in [5.41, 5.74) is 3.30. The van der Waals surface area contributed by atoms with E-state index in [1.165, 1.54) is 13.3 Å². The number of carbonyl (C=O) groups is 2. The monoisotopic (exact) mass is 298 g/mol. The average molecular weight is 298 g/mol. The molecule has 7 nitrogen and oxygen atoms in total. The van der Waals surface area contributed by atoms with E-state index in [0.29, 0.717) is 11.4 Å². The van der Waals surface area contributed by atoms with Crippen molar-refractivity contribution >= 4 is 23.7 Å². The summed E-state index contributed by atoms with van der Waals surface area (Å²) >= 11 is 0. The van der Waals surface area contributed by atoms with Gasteiger partial charge in [-0.3, -0.25) is 14.6 Å². The smallest absolute Gasteiger partial charge is 0.329 e. The lowest BCUT2D eigenvalue weighted by atomic mass is 10.3. The van der Waals surface area contributed by atoms with Gasteiger partial charge in [-0.15, -0.1) is 0 Å². The van der Waals surface area contributed by atoms with Gasteiger partial charge in [0.1, 0.15) is 5.75 Å². The largest absolute Gasteiger partial charge is 0.495 e. The molecule has 0 aliphatic rings. The van der Waals surface area contributed by atoms with E-state index >= 15 is 0 Å². The number of ether oxygens (including phenoxy) is 1. The van der Waals surface area contributed by atoms with Gasteiger partial charge in [-0.1, -0.05) is 12.1 Å². The van der Waals surface area contributed by atoms with Gasteiger partial charge in [-0.05, 0) is 29.8 Å². The highest BCUT2D eigenvalue weighted by Gasteiger charge is 2.14. The number of amides is 2. The Labute approximate surface area is 127 Å². The van der Waals surface area contributed by atoms with Crippen molar-refractivity contribution in [3.63, 3.8) is 0 Å². The third kappa shape index (κ3) is 4.14. The van der Waals surface area contributed by atoms with E-state index in [2.05, 4.69) is 20.8 Å². The van der Waals surface area contributed by atoms with Crippen molar-refractivity contribution in [1.29, 1.82) is 0 Å². The molecule has 0 atom stereocenters. The van der Waals surface area contributed by atoms with Gasteiger partial charge < -0.3 is 10.1 Å². The fraction of sp³-hybridized carbons (Fsp3) is 0.0667. The number of nitrogens with zero attached hydrogens (tertiary/aromatic N) is 2. The highest BCUT2D eigenvalue weighted by atomic mass is 16.5. The summed E-state index contributed by atoms with van der Waals surface area (Å²) in [5.74, 6) is -1.25. The Kier molecular flexibility index (Phi) is 5.20. The van der Waals surface area contributed by atoms with Crippen LogP contribution in [0.1, 0.15) is 5.56 Å². The fourth-order valence-electron chi connectivity index (χ4n) is 1.59. The molecule has 2 N–H and O–H groups in total. The van der Waals surface area contributed by atoms with E-state index < -0.39 is 11.8 Å². The molecule has 0 spiro atoms. The summed E-state index contributed by atoms with van der Waals surface area (Å²) < 4.78 is 5.08. The molecule has 22 heavy (non-hydrogen) atoms. The van der Waals surface area contributed by atoms with Crippen LogP contribution >= 0.6 is 0 Å². The molecule has 2 aromatic rings. The lowest BCUT2D eigenvalue weighted by molar-refractivity contribution is -0.136. The third-order valence-corrected chi connectivity index (χ3v) is 2.65. The quantitative estimate of drug-likeness (QED) is 0.503. The van der Waals surface area contributed by atoms with Crippen molar-refractivity contribution < 1.29 is 14.3 Å². The molecule has 0 bridgehead atoms. The third-order valence-electron chi connectivity index (χ3n) is 2.65. The lowest BCUT2D eigenvalue weighted by Crippen LogP contribution is -2.32. The van der Waals surface area contributed by atoms with Gasteiger partial charge in [0.25, 0.3) is 0 Å². The average Bonchev–Trinajstić information content (AvgIpc) is 2.56. The molecule has 0 radical (unpaired) electrons. The Hall–Kier alpha value is -3.22. The fourth-order valence-corrected chi connectivity index (χ4v) is 1.59. The van der Waals surface area contributed by atoms with E-state index in [9.17, 15) is 9.59 Å². The zero-order valence-corrected chi connectivity index (χ0v) is 11.8. The van der Waals surface area contributed by atoms with Crippen LogP contribution in [0.25, 0.3) is 0 Å². The predicted molar refractivity (Wildman–Crippen MR) is 81.6 cm³/mol. The molecule has 1 aromatic carbocycles. The van der Waals surface area contributed by atoms with E-state index in [4.69, 9.17) is 4.74 Å². The first-order valence-corrected chi connectivity index (χ1v) is 6.38. The summed E-state index contributed by atoms with van der Waals surface area (Å²) in [4.78, 5) is 27.3. The number of pyridine rings is 1. The number of benzene rings is 1. The number of anilines is 1. The van der Waals surface area contributed by atoms with Crippen molar-refractivity contribution in [2.24, 2.45) is 5.10 Å². The van der Waals surface area contributed by atoms with Crippen LogP contribution in [-0.4, -0.2) is 30.1 Å². The zero-order valence-electron chi connectivity index (χ0n) is 11.8. The Morgan fingerprint density at radius 3 is 2.59 bits per heavy atom. The number of methoxy groups -OCH3 is 1. The van der Waals surface area contributed by atoms with Crippen molar-refractivity contribution in [3.05, 3.63) is 54.4 Å². The summed E-state index contributed by atoms with van der Waals surface area (Å²) in [6.45, 7) is 0. The summed E-state index contributed by atoms with van der Waals surface area (Å²) in [6.07, 6.45) is 4.60. The predicted octanol–water partition coefficient (Wildman–Crippen LogP) is 1.18. The van der Waals surface area contributed by atoms with Crippen LogP contribution < -0.4 is 15.5 Å². The Balaban J connectivity index is 1.92. The topological polar surface area (TPSA) is 92.7 Å². The van der Waals surface area contributed by atoms with E-state index in [1.807, 2.05) is 0 Å². The summed E-state index contributed by atoms with van der Waals surface area (Å²) in [6, 6.07) is 10.2. The second-order valence-corrected chi connectivity index (χ2v) is 4.13. The first-order valence-electron chi connectivity index (χ1n) is 6.38. The number of para-hydroxylation sites is 2. The molecule has 112 valence electrons. The minimum absolute atomic E-state index is 0.406. The maximum Gasteiger partial charge on any atom is 0.329 e. The van der Waals surface area contributed by atoms with E-state index in [-0.39, 0.29) is 0 Å². The van der Waals surface area contributed by atoms with Gasteiger partial charge in [-0.2, -0.15) is 5.10 Å². The number of nitrogens with one attached hydrogen (secondary N) is 2. The zero-order chi connectivity index (χ0) is 15.8. The van der Waals surface area contributed by atoms with E-state index in [1.54, 1.807) is 48.8 Å². The maximum atomic E-state index is 11.8. The highest BCUT2D eigenvalue weighted by molar-refractivity contribution is 6.39. The van der Waals surface area contributed by atoms with Crippen molar-refractivity contribution in [3.8, 4) is 5.75 Å². The minimum Gasteiger partial charge on any atom is -0.495 e. The maximum absolute atomic E-state index is 11.8. The van der Waals surface area contributed by atoms with Crippen molar-refractivity contribution in [1.82, 2.24) is 10.4 Å². The molecule has 1 heterocycles. The normalized spacial score (nSPS) is 10.2. The highest BCUT2D eigenvalue weighted by Crippen LogP contribution is 2.22. The Morgan fingerprint density at radius 2 is 1.86 bits per heavy atom. The van der Waals surface area contributed by atoms with Crippen LogP contribution in [-0.2, 0) is 9.59 Å². The van der Waals surface area contributed by atoms with Crippen LogP contribution in [0, 0.1) is 0 Å². The van der Waals surface area contributed by atoms with Gasteiger partial charge in [0.2, 0.25) is 0 Å². The van der Waals surface area contributed by atoms with Crippen molar-refractivity contribution in [2.45, 2.75) is 0 Å². The molecule has 1 aromatic heterocycles. The SMILES string of the molecule is COc1ccccc1NC(=O)C(=O)N/N=C/c1ccncc1. The minimum atomic E-state index is -0.879. The molecule has 0 unspecified atom stereocenters. The Bertz CT molecular complexity index is 686. The summed E-state index contributed by atoms with van der Waals surface area (Å²) in [5, 5.41) is 6.15. The molecule has 7 heteroatoms. The number of carbonyl (C=O) groups excluding carboxylic acids is 2. The van der Waals surface area contributed by atoms with E-state index in [0.717, 1.165) is 5.56 Å². The first kappa shape index (κ1) is 15.2. The first-order chi connectivity index (χ1) is 10.7. The lowest BCUT2D eigenvalue weighted by Gasteiger charge is -2.08. The van der Waals surface area contributed by atoms with Crippen LogP contribution in [0.4, 0.5) is 5.69 Å². The van der Waals surface area contributed by atoms with Gasteiger partial charge in [0, 0.05) is 12.4 Å². The number of hydrazone groups is 1. The number of rotatable bonds is 4. The van der Waals surface area contributed by atoms with Crippen molar-refractivity contribution in [2.75, 3.05) is 12.4 Å². The van der Waals surface area contributed by atoms with Crippen LogP contribution in [0.5, 0.6) is 5.75 Å². The van der Waals surface area contributed by atoms with Gasteiger partial charge >= 0.3 is 11.8 Å². The van der Waals surface area contributed by atoms with Gasteiger partial charge in [0.15, 0.2) is 0 Å². The summed E-state index contributed by atoms with van der Waals surface area (Å²) in [7, 11) is 1.48. The van der Waals surface area contributed by atoms with Crippen LogP contribution in [0.2, 0.25) is 0 Å². The molecule has 2 amide bonds. The number of hydrogen-bond acceptors (Lipinski definition) is 5. The second-order valence-electron chi connectivity index (χ2n) is 4.13. The van der Waals surface area contributed by atoms with Gasteiger partial charge in [0.05, 0.1) is 19.0 Å². The second kappa shape index (κ2) is 7.53. The molecule has 0 fully saturated rings. The molecular formula is C15H14N4O3. The molecule has 0 saturated heterocycles. The van der Waals surface area contributed by atoms with Crippen LogP contribution in [0.15, 0.2) is 53.9 Å². The standard InChI is InChI=1S/C15H14N4O3/c1-22-13-5-3-2-4-12(13)18-14(20)15(21)19-17-10-11-6-8-16-9-7-11/h2-10H,1H3,(H,18,20)(H,19,21)/b17-10+. The number of hydrogen-bond donors (Lipinski definition) is 2. The molecule has 0 aliphatic carbocycles.